The molecule has 1 N–H and O–H groups in total. The van der Waals surface area contributed by atoms with Crippen LogP contribution in [0.2, 0.25) is 0 Å². The second-order valence-electron chi connectivity index (χ2n) is 3.12. The van der Waals surface area contributed by atoms with Gasteiger partial charge in [0.2, 0.25) is 0 Å². The molecule has 0 saturated heterocycles. The second kappa shape index (κ2) is 6.62. The number of methoxy groups -OCH3 is 1. The van der Waals surface area contributed by atoms with Gasteiger partial charge in [-0.3, -0.25) is 0 Å². The molecule has 0 amide bonds. The summed E-state index contributed by atoms with van der Waals surface area (Å²) >= 11 is 0. The molecule has 2 heteroatoms. The summed E-state index contributed by atoms with van der Waals surface area (Å²) in [6, 6.07) is 0. The first kappa shape index (κ1) is 10.9. The predicted molar refractivity (Wildman–Crippen MR) is 46.6 cm³/mol. The third kappa shape index (κ3) is 4.38. The second-order valence-corrected chi connectivity index (χ2v) is 3.12. The molecule has 68 valence electrons. The highest BCUT2D eigenvalue weighted by Gasteiger charge is 2.16. The van der Waals surface area contributed by atoms with Crippen LogP contribution in [0.4, 0.5) is 0 Å². The van der Waals surface area contributed by atoms with Crippen molar-refractivity contribution in [3.05, 3.63) is 0 Å². The molecule has 2 nitrogen and oxygen atoms in total. The van der Waals surface area contributed by atoms with Gasteiger partial charge in [0.1, 0.15) is 0 Å². The van der Waals surface area contributed by atoms with E-state index in [4.69, 9.17) is 9.84 Å². The number of aliphatic hydroxyl groups is 1. The van der Waals surface area contributed by atoms with E-state index in [9.17, 15) is 0 Å². The van der Waals surface area contributed by atoms with Crippen LogP contribution in [0, 0.1) is 5.92 Å². The maximum Gasteiger partial charge on any atom is 0.0571 e. The lowest BCUT2D eigenvalue weighted by atomic mass is 9.89. The maximum atomic E-state index is 7.00. The summed E-state index contributed by atoms with van der Waals surface area (Å²) in [5, 5.41) is 7.00. The smallest absolute Gasteiger partial charge is 0.0571 e. The average molecular weight is 160 g/mol. The van der Waals surface area contributed by atoms with Crippen LogP contribution >= 0.6 is 0 Å². The average Bonchev–Trinajstić information content (AvgIpc) is 2.10. The van der Waals surface area contributed by atoms with Crippen molar-refractivity contribution in [2.24, 2.45) is 5.92 Å². The number of rotatable bonds is 1. The van der Waals surface area contributed by atoms with Gasteiger partial charge >= 0.3 is 0 Å². The highest BCUT2D eigenvalue weighted by molar-refractivity contribution is 4.68. The first-order valence-corrected chi connectivity index (χ1v) is 4.30. The summed E-state index contributed by atoms with van der Waals surface area (Å²) in [6.45, 7) is 2.33. The molecule has 0 aromatic rings. The van der Waals surface area contributed by atoms with Crippen molar-refractivity contribution < 1.29 is 9.84 Å². The Kier molecular flexibility index (Phi) is 6.57. The Morgan fingerprint density at radius 2 is 1.55 bits per heavy atom. The predicted octanol–water partition coefficient (Wildman–Crippen LogP) is 1.82. The summed E-state index contributed by atoms with van der Waals surface area (Å²) in [5.74, 6) is 0.941. The Labute approximate surface area is 69.6 Å². The first-order valence-electron chi connectivity index (χ1n) is 4.30. The molecule has 0 aliphatic heterocycles. The third-order valence-electron chi connectivity index (χ3n) is 2.30. The van der Waals surface area contributed by atoms with Crippen molar-refractivity contribution in [2.45, 2.75) is 38.7 Å². The molecule has 11 heavy (non-hydrogen) atoms. The van der Waals surface area contributed by atoms with Gasteiger partial charge in [0.05, 0.1) is 6.10 Å². The molecular formula is C9H20O2. The van der Waals surface area contributed by atoms with Crippen LogP contribution in [0.25, 0.3) is 0 Å². The van der Waals surface area contributed by atoms with Gasteiger partial charge in [0.15, 0.2) is 0 Å². The lowest BCUT2D eigenvalue weighted by Crippen LogP contribution is -2.18. The van der Waals surface area contributed by atoms with Gasteiger partial charge in [0, 0.05) is 14.2 Å². The fraction of sp³-hybridized carbons (Fsp3) is 1.00. The number of aliphatic hydroxyl groups excluding tert-OH is 1. The number of hydrogen-bond acceptors (Lipinski definition) is 2. The molecule has 0 radical (unpaired) electrons. The van der Waals surface area contributed by atoms with E-state index in [1.54, 1.807) is 0 Å². The molecule has 0 spiro atoms. The van der Waals surface area contributed by atoms with E-state index < -0.39 is 0 Å². The molecule has 1 fully saturated rings. The molecule has 1 aliphatic carbocycles. The quantitative estimate of drug-likeness (QED) is 0.634. The van der Waals surface area contributed by atoms with Crippen molar-refractivity contribution in [3.8, 4) is 0 Å². The minimum absolute atomic E-state index is 0.571. The number of ether oxygens (including phenoxy) is 1. The van der Waals surface area contributed by atoms with Crippen LogP contribution in [0.1, 0.15) is 32.6 Å². The molecule has 0 bridgehead atoms. The Balaban J connectivity index is 0.000000461. The van der Waals surface area contributed by atoms with Gasteiger partial charge in [-0.25, -0.2) is 0 Å². The molecule has 0 unspecified atom stereocenters. The fourth-order valence-corrected chi connectivity index (χ4v) is 1.47. The molecule has 1 aliphatic rings. The lowest BCUT2D eigenvalue weighted by molar-refractivity contribution is 0.0593. The normalized spacial score (nSPS) is 30.5. The van der Waals surface area contributed by atoms with Crippen LogP contribution < -0.4 is 0 Å². The summed E-state index contributed by atoms with van der Waals surface area (Å²) in [5.41, 5.74) is 0. The zero-order chi connectivity index (χ0) is 8.69. The fourth-order valence-electron chi connectivity index (χ4n) is 1.47. The standard InChI is InChI=1S/C8H16O.CH4O/c1-7-3-5-8(9-2)6-4-7;1-2/h7-8H,3-6H2,1-2H3;2H,1H3. The molecule has 1 rings (SSSR count). The summed E-state index contributed by atoms with van der Waals surface area (Å²) < 4.78 is 5.24. The van der Waals surface area contributed by atoms with Crippen LogP contribution in [0.5, 0.6) is 0 Å². The van der Waals surface area contributed by atoms with E-state index in [2.05, 4.69) is 6.92 Å². The maximum absolute atomic E-state index is 7.00. The minimum atomic E-state index is 0.571. The Morgan fingerprint density at radius 3 is 1.91 bits per heavy atom. The van der Waals surface area contributed by atoms with Crippen molar-refractivity contribution in [1.82, 2.24) is 0 Å². The molecule has 0 heterocycles. The topological polar surface area (TPSA) is 29.5 Å². The highest BCUT2D eigenvalue weighted by atomic mass is 16.5. The molecular weight excluding hydrogens is 140 g/mol. The van der Waals surface area contributed by atoms with Gasteiger partial charge in [-0.2, -0.15) is 0 Å². The monoisotopic (exact) mass is 160 g/mol. The van der Waals surface area contributed by atoms with E-state index >= 15 is 0 Å². The zero-order valence-electron chi connectivity index (χ0n) is 7.84. The lowest BCUT2D eigenvalue weighted by Gasteiger charge is -2.24. The summed E-state index contributed by atoms with van der Waals surface area (Å²) in [4.78, 5) is 0. The summed E-state index contributed by atoms with van der Waals surface area (Å²) in [6.07, 6.45) is 5.84. The third-order valence-corrected chi connectivity index (χ3v) is 2.30. The van der Waals surface area contributed by atoms with E-state index in [1.165, 1.54) is 25.7 Å². The van der Waals surface area contributed by atoms with Crippen molar-refractivity contribution in [2.75, 3.05) is 14.2 Å². The van der Waals surface area contributed by atoms with Crippen LogP contribution in [-0.2, 0) is 4.74 Å². The molecule has 1 saturated carbocycles. The SMILES string of the molecule is CO.COC1CCC(C)CC1. The van der Waals surface area contributed by atoms with Gasteiger partial charge in [0.25, 0.3) is 0 Å². The van der Waals surface area contributed by atoms with E-state index in [0.29, 0.717) is 6.10 Å². The van der Waals surface area contributed by atoms with Crippen molar-refractivity contribution >= 4 is 0 Å². The number of hydrogen-bond donors (Lipinski definition) is 1. The van der Waals surface area contributed by atoms with Gasteiger partial charge in [-0.15, -0.1) is 0 Å². The molecule has 0 aromatic heterocycles. The van der Waals surface area contributed by atoms with Crippen LogP contribution in [-0.4, -0.2) is 25.4 Å². The largest absolute Gasteiger partial charge is 0.400 e. The van der Waals surface area contributed by atoms with E-state index in [0.717, 1.165) is 13.0 Å². The van der Waals surface area contributed by atoms with Crippen LogP contribution in [0.3, 0.4) is 0 Å². The molecule has 0 aromatic carbocycles. The summed E-state index contributed by atoms with van der Waals surface area (Å²) in [7, 11) is 2.82. The van der Waals surface area contributed by atoms with E-state index in [-0.39, 0.29) is 0 Å². The van der Waals surface area contributed by atoms with Gasteiger partial charge < -0.3 is 9.84 Å². The Hall–Kier alpha value is -0.0800. The van der Waals surface area contributed by atoms with Crippen molar-refractivity contribution in [3.63, 3.8) is 0 Å². The van der Waals surface area contributed by atoms with Gasteiger partial charge in [-0.05, 0) is 31.6 Å². The Bertz CT molecular complexity index is 75.6. The van der Waals surface area contributed by atoms with Crippen LogP contribution in [0.15, 0.2) is 0 Å². The highest BCUT2D eigenvalue weighted by Crippen LogP contribution is 2.24. The first-order chi connectivity index (χ1) is 5.33. The Morgan fingerprint density at radius 1 is 1.09 bits per heavy atom. The molecule has 0 atom stereocenters. The van der Waals surface area contributed by atoms with Gasteiger partial charge in [-0.1, -0.05) is 6.92 Å². The zero-order valence-corrected chi connectivity index (χ0v) is 7.84. The minimum Gasteiger partial charge on any atom is -0.400 e. The van der Waals surface area contributed by atoms with E-state index in [1.807, 2.05) is 7.11 Å². The van der Waals surface area contributed by atoms with Crippen molar-refractivity contribution in [1.29, 1.82) is 0 Å².